The lowest BCUT2D eigenvalue weighted by molar-refractivity contribution is 1.49. The third-order valence-electron chi connectivity index (χ3n) is 12.8. The van der Waals surface area contributed by atoms with Crippen molar-refractivity contribution < 1.29 is 0 Å². The minimum absolute atomic E-state index is 0.875. The maximum atomic E-state index is 5.85. The van der Waals surface area contributed by atoms with E-state index in [2.05, 4.69) is 218 Å². The molecular formula is C60H36N4. The maximum Gasteiger partial charge on any atom is 0.0816 e. The van der Waals surface area contributed by atoms with E-state index in [0.29, 0.717) is 0 Å². The van der Waals surface area contributed by atoms with E-state index in [4.69, 9.17) is 19.9 Å². The predicted octanol–water partition coefficient (Wildman–Crippen LogP) is 15.7. The van der Waals surface area contributed by atoms with Crippen molar-refractivity contribution in [3.8, 4) is 44.5 Å². The van der Waals surface area contributed by atoms with Crippen LogP contribution in [-0.2, 0) is 0 Å². The first kappa shape index (κ1) is 36.1. The number of hydrogen-bond acceptors (Lipinski definition) is 4. The van der Waals surface area contributed by atoms with Gasteiger partial charge in [-0.05, 0) is 22.3 Å². The monoisotopic (exact) mass is 812 g/mol. The highest BCUT2D eigenvalue weighted by Gasteiger charge is 2.24. The van der Waals surface area contributed by atoms with Gasteiger partial charge in [0.15, 0.2) is 0 Å². The second-order valence-corrected chi connectivity index (χ2v) is 16.4. The summed E-state index contributed by atoms with van der Waals surface area (Å²) < 4.78 is 0. The third-order valence-corrected chi connectivity index (χ3v) is 12.8. The lowest BCUT2D eigenvalue weighted by Crippen LogP contribution is -1.85. The quantitative estimate of drug-likeness (QED) is 0.178. The van der Waals surface area contributed by atoms with Crippen LogP contribution < -0.4 is 0 Å². The lowest BCUT2D eigenvalue weighted by Gasteiger charge is -2.04. The van der Waals surface area contributed by atoms with Crippen LogP contribution in [0.2, 0.25) is 0 Å². The largest absolute Gasteiger partial charge is 0.246 e. The van der Waals surface area contributed by atoms with Crippen LogP contribution in [0, 0.1) is 0 Å². The summed E-state index contributed by atoms with van der Waals surface area (Å²) in [6.07, 6.45) is 0. The van der Waals surface area contributed by atoms with Crippen molar-refractivity contribution in [1.82, 2.24) is 19.9 Å². The van der Waals surface area contributed by atoms with Gasteiger partial charge in [-0.25, -0.2) is 19.9 Å². The zero-order chi connectivity index (χ0) is 42.1. The zero-order valence-corrected chi connectivity index (χ0v) is 34.6. The first-order valence-corrected chi connectivity index (χ1v) is 21.7. The van der Waals surface area contributed by atoms with Crippen molar-refractivity contribution in [2.75, 3.05) is 0 Å². The van der Waals surface area contributed by atoms with Crippen molar-refractivity contribution in [1.29, 1.82) is 0 Å². The topological polar surface area (TPSA) is 51.6 Å². The first-order valence-electron chi connectivity index (χ1n) is 21.7. The van der Waals surface area contributed by atoms with E-state index < -0.39 is 0 Å². The highest BCUT2D eigenvalue weighted by atomic mass is 14.8. The Bertz CT molecular complexity index is 3340. The fraction of sp³-hybridized carbons (Fsp3) is 0. The van der Waals surface area contributed by atoms with Gasteiger partial charge in [-0.2, -0.15) is 0 Å². The average Bonchev–Trinajstić information content (AvgIpc) is 4.14. The minimum Gasteiger partial charge on any atom is -0.246 e. The van der Waals surface area contributed by atoms with Crippen LogP contribution in [0.15, 0.2) is 218 Å². The SMILES string of the molecule is c1ccc(-c2c3nc(c(-c4ccccc4)c4nc(c(-c5ccccc5)c5nc(c(-c6ccccc6)c6nc2c2ccccc62)c2ccccc52)c2ccccc42)c2ccccc32)cc1. The molecule has 0 fully saturated rings. The molecule has 0 atom stereocenters. The van der Waals surface area contributed by atoms with Crippen molar-refractivity contribution in [2.45, 2.75) is 0 Å². The van der Waals surface area contributed by atoms with Gasteiger partial charge >= 0.3 is 0 Å². The number of benzene rings is 8. The molecule has 8 bridgehead atoms. The molecule has 296 valence electrons. The molecule has 0 aliphatic heterocycles. The molecule has 4 nitrogen and oxygen atoms in total. The average molecular weight is 813 g/mol. The van der Waals surface area contributed by atoms with Gasteiger partial charge < -0.3 is 0 Å². The van der Waals surface area contributed by atoms with Gasteiger partial charge in [0.2, 0.25) is 0 Å². The maximum absolute atomic E-state index is 5.85. The van der Waals surface area contributed by atoms with Gasteiger partial charge in [0.25, 0.3) is 0 Å². The fourth-order valence-electron chi connectivity index (χ4n) is 10.00. The molecule has 0 unspecified atom stereocenters. The van der Waals surface area contributed by atoms with Gasteiger partial charge in [0.05, 0.1) is 44.1 Å². The molecule has 0 N–H and O–H groups in total. The molecule has 64 heavy (non-hydrogen) atoms. The Morgan fingerprint density at radius 1 is 0.156 bits per heavy atom. The van der Waals surface area contributed by atoms with Crippen LogP contribution in [0.5, 0.6) is 0 Å². The van der Waals surface area contributed by atoms with E-state index in [1.54, 1.807) is 0 Å². The summed E-state index contributed by atoms with van der Waals surface area (Å²) in [5.74, 6) is 0. The second-order valence-electron chi connectivity index (χ2n) is 16.4. The predicted molar refractivity (Wildman–Crippen MR) is 268 cm³/mol. The number of nitrogens with zero attached hydrogens (tertiary/aromatic N) is 4. The summed E-state index contributed by atoms with van der Waals surface area (Å²) in [7, 11) is 0. The molecule has 0 saturated carbocycles. The Hall–Kier alpha value is -8.60. The molecule has 4 aromatic heterocycles. The van der Waals surface area contributed by atoms with Gasteiger partial charge in [-0.1, -0.05) is 218 Å². The molecule has 0 saturated heterocycles. The highest BCUT2D eigenvalue weighted by Crippen LogP contribution is 2.46. The molecule has 13 aromatic rings. The normalized spacial score (nSPS) is 11.8. The number of rotatable bonds is 4. The molecule has 0 radical (unpaired) electrons. The molecule has 13 rings (SSSR count). The molecule has 0 amide bonds. The van der Waals surface area contributed by atoms with Crippen molar-refractivity contribution in [3.05, 3.63) is 218 Å². The van der Waals surface area contributed by atoms with Crippen molar-refractivity contribution >= 4 is 87.2 Å². The molecule has 9 aromatic carbocycles. The summed E-state index contributed by atoms with van der Waals surface area (Å²) in [4.78, 5) is 23.4. The molecule has 4 heteroatoms. The molecule has 0 aliphatic rings. The standard InChI is InChI=1S/C60H36N4/c1-5-21-37(22-6-1)49-53-41-29-13-15-31-43(41)55(61-53)50(38-23-7-2-8-24-38)57-45-33-17-19-35-47(45)59(63-57)52(40-27-11-4-12-28-40)60-48-36-20-18-34-46(48)58(64-60)51(39-25-9-3-10-26-39)56-44-32-16-14-30-42(44)54(49)62-56/h1-36H. The van der Waals surface area contributed by atoms with E-state index in [9.17, 15) is 0 Å². The summed E-state index contributed by atoms with van der Waals surface area (Å²) in [6, 6.07) is 77.2. The molecule has 0 spiro atoms. The van der Waals surface area contributed by atoms with E-state index in [-0.39, 0.29) is 0 Å². The second kappa shape index (κ2) is 14.5. The smallest absolute Gasteiger partial charge is 0.0816 e. The van der Waals surface area contributed by atoms with Crippen LogP contribution in [0.25, 0.3) is 132 Å². The Balaban J connectivity index is 1.42. The van der Waals surface area contributed by atoms with Crippen LogP contribution in [0.4, 0.5) is 0 Å². The van der Waals surface area contributed by atoms with E-state index in [0.717, 1.165) is 132 Å². The molecule has 0 aliphatic carbocycles. The fourth-order valence-corrected chi connectivity index (χ4v) is 10.00. The highest BCUT2D eigenvalue weighted by molar-refractivity contribution is 6.27. The third kappa shape index (κ3) is 5.49. The van der Waals surface area contributed by atoms with Gasteiger partial charge in [-0.3, -0.25) is 0 Å². The van der Waals surface area contributed by atoms with E-state index >= 15 is 0 Å². The minimum atomic E-state index is 0.875. The van der Waals surface area contributed by atoms with Crippen LogP contribution in [0.1, 0.15) is 0 Å². The Morgan fingerprint density at radius 2 is 0.297 bits per heavy atom. The lowest BCUT2D eigenvalue weighted by atomic mass is 9.99. The van der Waals surface area contributed by atoms with Crippen LogP contribution >= 0.6 is 0 Å². The van der Waals surface area contributed by atoms with Crippen LogP contribution in [-0.4, -0.2) is 19.9 Å². The summed E-state index contributed by atoms with van der Waals surface area (Å²) in [6.45, 7) is 0. The van der Waals surface area contributed by atoms with Crippen LogP contribution in [0.3, 0.4) is 0 Å². The van der Waals surface area contributed by atoms with Gasteiger partial charge in [-0.15, -0.1) is 0 Å². The summed E-state index contributed by atoms with van der Waals surface area (Å²) >= 11 is 0. The Morgan fingerprint density at radius 3 is 0.453 bits per heavy atom. The summed E-state index contributed by atoms with van der Waals surface area (Å²) in [5.41, 5.74) is 15.0. The van der Waals surface area contributed by atoms with Gasteiger partial charge in [0.1, 0.15) is 0 Å². The summed E-state index contributed by atoms with van der Waals surface area (Å²) in [5, 5.41) is 8.41. The van der Waals surface area contributed by atoms with E-state index in [1.807, 2.05) is 0 Å². The number of aromatic nitrogens is 4. The Kier molecular flexibility index (Phi) is 8.18. The zero-order valence-electron chi connectivity index (χ0n) is 34.6. The molecule has 4 heterocycles. The first-order chi connectivity index (χ1) is 31.8. The Labute approximate surface area is 368 Å². The molecular weight excluding hydrogens is 777 g/mol. The number of hydrogen-bond donors (Lipinski definition) is 0. The van der Waals surface area contributed by atoms with E-state index in [1.165, 1.54) is 0 Å². The van der Waals surface area contributed by atoms with Crippen molar-refractivity contribution in [2.24, 2.45) is 0 Å². The van der Waals surface area contributed by atoms with Gasteiger partial charge in [0, 0.05) is 65.3 Å². The van der Waals surface area contributed by atoms with Crippen molar-refractivity contribution in [3.63, 3.8) is 0 Å².